The van der Waals surface area contributed by atoms with Crippen molar-refractivity contribution in [1.82, 2.24) is 4.98 Å². The molecule has 4 heteroatoms. The van der Waals surface area contributed by atoms with Gasteiger partial charge in [0.15, 0.2) is 0 Å². The number of hydrogen-bond donors (Lipinski definition) is 1. The number of ether oxygens (including phenoxy) is 1. The standard InChI is InChI=1S/C13H19ClN2O/c1-2-3-11-8-10(5-7-17-11)16-13-9-15-6-4-12(13)14/h4,6,9-11,16H,2-3,5,7-8H2,1H3. The SMILES string of the molecule is CCCC1CC(Nc2cnccc2Cl)CCO1. The maximum atomic E-state index is 6.11. The van der Waals surface area contributed by atoms with Crippen molar-refractivity contribution in [2.45, 2.75) is 44.8 Å². The molecule has 0 radical (unpaired) electrons. The largest absolute Gasteiger partial charge is 0.380 e. The van der Waals surface area contributed by atoms with Crippen LogP contribution in [0, 0.1) is 0 Å². The van der Waals surface area contributed by atoms with Crippen molar-refractivity contribution in [3.63, 3.8) is 0 Å². The lowest BCUT2D eigenvalue weighted by molar-refractivity contribution is 0.00597. The topological polar surface area (TPSA) is 34.2 Å². The lowest BCUT2D eigenvalue weighted by Gasteiger charge is -2.30. The Morgan fingerprint density at radius 3 is 3.24 bits per heavy atom. The summed E-state index contributed by atoms with van der Waals surface area (Å²) in [4.78, 5) is 4.09. The van der Waals surface area contributed by atoms with Gasteiger partial charge >= 0.3 is 0 Å². The van der Waals surface area contributed by atoms with Crippen LogP contribution >= 0.6 is 11.6 Å². The molecule has 0 bridgehead atoms. The van der Waals surface area contributed by atoms with Gasteiger partial charge in [0, 0.05) is 18.8 Å². The molecule has 0 aromatic carbocycles. The molecule has 2 atom stereocenters. The first kappa shape index (κ1) is 12.7. The van der Waals surface area contributed by atoms with Crippen molar-refractivity contribution >= 4 is 17.3 Å². The second-order valence-corrected chi connectivity index (χ2v) is 4.91. The highest BCUT2D eigenvalue weighted by Crippen LogP contribution is 2.25. The van der Waals surface area contributed by atoms with Gasteiger partial charge in [-0.2, -0.15) is 0 Å². The zero-order valence-electron chi connectivity index (χ0n) is 10.2. The van der Waals surface area contributed by atoms with E-state index in [-0.39, 0.29) is 0 Å². The lowest BCUT2D eigenvalue weighted by Crippen LogP contribution is -2.34. The molecule has 3 nitrogen and oxygen atoms in total. The highest BCUT2D eigenvalue weighted by Gasteiger charge is 2.22. The average molecular weight is 255 g/mol. The Balaban J connectivity index is 1.92. The van der Waals surface area contributed by atoms with Gasteiger partial charge in [-0.05, 0) is 25.3 Å². The van der Waals surface area contributed by atoms with Gasteiger partial charge in [0.1, 0.15) is 0 Å². The summed E-state index contributed by atoms with van der Waals surface area (Å²) in [6, 6.07) is 2.26. The summed E-state index contributed by atoms with van der Waals surface area (Å²) in [6.45, 7) is 3.03. The fourth-order valence-electron chi connectivity index (χ4n) is 2.24. The quantitative estimate of drug-likeness (QED) is 0.893. The summed E-state index contributed by atoms with van der Waals surface area (Å²) < 4.78 is 5.73. The van der Waals surface area contributed by atoms with Crippen molar-refractivity contribution in [3.05, 3.63) is 23.5 Å². The van der Waals surface area contributed by atoms with Gasteiger partial charge in [-0.1, -0.05) is 24.9 Å². The van der Waals surface area contributed by atoms with Gasteiger partial charge in [-0.3, -0.25) is 4.98 Å². The van der Waals surface area contributed by atoms with Gasteiger partial charge in [0.25, 0.3) is 0 Å². The molecular formula is C13H19ClN2O. The molecule has 1 aliphatic heterocycles. The molecular weight excluding hydrogens is 236 g/mol. The van der Waals surface area contributed by atoms with Crippen LogP contribution in [0.2, 0.25) is 5.02 Å². The van der Waals surface area contributed by atoms with Gasteiger partial charge in [0.2, 0.25) is 0 Å². The van der Waals surface area contributed by atoms with Crippen molar-refractivity contribution in [3.8, 4) is 0 Å². The van der Waals surface area contributed by atoms with Crippen molar-refractivity contribution in [1.29, 1.82) is 0 Å². The molecule has 94 valence electrons. The van der Waals surface area contributed by atoms with E-state index in [1.54, 1.807) is 12.4 Å². The number of anilines is 1. The molecule has 0 spiro atoms. The average Bonchev–Trinajstić information content (AvgIpc) is 2.33. The van der Waals surface area contributed by atoms with E-state index in [4.69, 9.17) is 16.3 Å². The molecule has 1 fully saturated rings. The Bertz CT molecular complexity index is 357. The van der Waals surface area contributed by atoms with Crippen molar-refractivity contribution in [2.24, 2.45) is 0 Å². The first-order valence-corrected chi connectivity index (χ1v) is 6.65. The molecule has 2 unspecified atom stereocenters. The van der Waals surface area contributed by atoms with E-state index >= 15 is 0 Å². The van der Waals surface area contributed by atoms with Crippen LogP contribution in [-0.4, -0.2) is 23.7 Å². The summed E-state index contributed by atoms with van der Waals surface area (Å²) >= 11 is 6.11. The Morgan fingerprint density at radius 2 is 2.47 bits per heavy atom. The minimum Gasteiger partial charge on any atom is -0.380 e. The van der Waals surface area contributed by atoms with E-state index in [9.17, 15) is 0 Å². The zero-order valence-corrected chi connectivity index (χ0v) is 10.9. The number of pyridine rings is 1. The maximum Gasteiger partial charge on any atom is 0.0718 e. The number of nitrogens with zero attached hydrogens (tertiary/aromatic N) is 1. The highest BCUT2D eigenvalue weighted by atomic mass is 35.5. The Morgan fingerprint density at radius 1 is 1.59 bits per heavy atom. The van der Waals surface area contributed by atoms with Crippen molar-refractivity contribution < 1.29 is 4.74 Å². The zero-order chi connectivity index (χ0) is 12.1. The van der Waals surface area contributed by atoms with E-state index in [1.165, 1.54) is 6.42 Å². The number of rotatable bonds is 4. The van der Waals surface area contributed by atoms with Crippen LogP contribution in [0.15, 0.2) is 18.5 Å². The van der Waals surface area contributed by atoms with Gasteiger partial charge in [-0.25, -0.2) is 0 Å². The first-order valence-electron chi connectivity index (χ1n) is 6.27. The van der Waals surface area contributed by atoms with E-state index in [0.717, 1.165) is 36.6 Å². The Kier molecular flexibility index (Phi) is 4.63. The lowest BCUT2D eigenvalue weighted by atomic mass is 10.00. The normalized spacial score (nSPS) is 24.6. The number of aromatic nitrogens is 1. The third-order valence-corrected chi connectivity index (χ3v) is 3.44. The molecule has 1 aromatic rings. The number of halogens is 1. The Hall–Kier alpha value is -0.800. The van der Waals surface area contributed by atoms with Crippen LogP contribution in [0.5, 0.6) is 0 Å². The van der Waals surface area contributed by atoms with Gasteiger partial charge in [-0.15, -0.1) is 0 Å². The molecule has 1 aromatic heterocycles. The molecule has 1 aliphatic rings. The van der Waals surface area contributed by atoms with Gasteiger partial charge in [0.05, 0.1) is 23.0 Å². The molecule has 2 rings (SSSR count). The van der Waals surface area contributed by atoms with Crippen LogP contribution in [0.25, 0.3) is 0 Å². The minimum absolute atomic E-state index is 0.390. The summed E-state index contributed by atoms with van der Waals surface area (Å²) in [5, 5.41) is 4.20. The predicted octanol–water partition coefficient (Wildman–Crippen LogP) is 3.49. The summed E-state index contributed by atoms with van der Waals surface area (Å²) in [5.74, 6) is 0. The van der Waals surface area contributed by atoms with Crippen LogP contribution in [0.3, 0.4) is 0 Å². The monoisotopic (exact) mass is 254 g/mol. The summed E-state index contributed by atoms with van der Waals surface area (Å²) in [7, 11) is 0. The second-order valence-electron chi connectivity index (χ2n) is 4.50. The molecule has 0 amide bonds. The predicted molar refractivity (Wildman–Crippen MR) is 70.5 cm³/mol. The Labute approximate surface area is 108 Å². The molecule has 0 aliphatic carbocycles. The molecule has 0 saturated carbocycles. The molecule has 2 heterocycles. The van der Waals surface area contributed by atoms with Crippen LogP contribution in [-0.2, 0) is 4.74 Å². The fraction of sp³-hybridized carbons (Fsp3) is 0.615. The van der Waals surface area contributed by atoms with Gasteiger partial charge < -0.3 is 10.1 Å². The third kappa shape index (κ3) is 3.58. The first-order chi connectivity index (χ1) is 8.29. The van der Waals surface area contributed by atoms with E-state index in [1.807, 2.05) is 6.07 Å². The third-order valence-electron chi connectivity index (χ3n) is 3.11. The minimum atomic E-state index is 0.390. The number of hydrogen-bond acceptors (Lipinski definition) is 3. The smallest absolute Gasteiger partial charge is 0.0718 e. The van der Waals surface area contributed by atoms with Crippen molar-refractivity contribution in [2.75, 3.05) is 11.9 Å². The fourth-order valence-corrected chi connectivity index (χ4v) is 2.40. The maximum absolute atomic E-state index is 6.11. The number of nitrogens with one attached hydrogen (secondary N) is 1. The summed E-state index contributed by atoms with van der Waals surface area (Å²) in [5.41, 5.74) is 0.927. The second kappa shape index (κ2) is 6.22. The van der Waals surface area contributed by atoms with E-state index < -0.39 is 0 Å². The molecule has 17 heavy (non-hydrogen) atoms. The van der Waals surface area contributed by atoms with E-state index in [2.05, 4.69) is 17.2 Å². The van der Waals surface area contributed by atoms with Crippen LogP contribution in [0.4, 0.5) is 5.69 Å². The van der Waals surface area contributed by atoms with Crippen LogP contribution in [0.1, 0.15) is 32.6 Å². The molecule has 1 N–H and O–H groups in total. The molecule has 1 saturated heterocycles. The van der Waals surface area contributed by atoms with Crippen LogP contribution < -0.4 is 5.32 Å². The summed E-state index contributed by atoms with van der Waals surface area (Å²) in [6.07, 6.45) is 8.28. The highest BCUT2D eigenvalue weighted by molar-refractivity contribution is 6.33. The van der Waals surface area contributed by atoms with E-state index in [0.29, 0.717) is 12.1 Å².